The molecule has 0 bridgehead atoms. The van der Waals surface area contributed by atoms with E-state index >= 15 is 0 Å². The van der Waals surface area contributed by atoms with E-state index in [1.165, 1.54) is 0 Å². The number of benzene rings is 2. The molecular formula is C26H29N3O3. The predicted molar refractivity (Wildman–Crippen MR) is 126 cm³/mol. The quantitative estimate of drug-likeness (QED) is 0.454. The van der Waals surface area contributed by atoms with Crippen LogP contribution >= 0.6 is 0 Å². The van der Waals surface area contributed by atoms with Gasteiger partial charge >= 0.3 is 6.09 Å². The molecule has 0 spiro atoms. The molecule has 0 atom stereocenters. The smallest absolute Gasteiger partial charge is 0.411 e. The minimum atomic E-state index is -0.420. The first kappa shape index (κ1) is 21.8. The fourth-order valence-corrected chi connectivity index (χ4v) is 4.03. The Morgan fingerprint density at radius 1 is 1.22 bits per heavy atom. The fraction of sp³-hybridized carbons (Fsp3) is 0.385. The number of nitrogens with one attached hydrogen (secondary N) is 1. The van der Waals surface area contributed by atoms with E-state index in [9.17, 15) is 10.1 Å². The topological polar surface area (TPSA) is 76.3 Å². The summed E-state index contributed by atoms with van der Waals surface area (Å²) in [6.45, 7) is 6.95. The van der Waals surface area contributed by atoms with Crippen molar-refractivity contribution in [3.63, 3.8) is 0 Å². The monoisotopic (exact) mass is 431 g/mol. The lowest BCUT2D eigenvalue weighted by molar-refractivity contribution is 0.0624. The normalized spacial score (nSPS) is 13.6. The Bertz CT molecular complexity index is 1150. The number of anilines is 1. The molecule has 6 heteroatoms. The van der Waals surface area contributed by atoms with Crippen molar-refractivity contribution < 1.29 is 14.3 Å². The van der Waals surface area contributed by atoms with Crippen molar-refractivity contribution >= 4 is 22.7 Å². The molecular weight excluding hydrogens is 402 g/mol. The summed E-state index contributed by atoms with van der Waals surface area (Å²) in [6, 6.07) is 16.0. The van der Waals surface area contributed by atoms with Gasteiger partial charge in [0.05, 0.1) is 23.4 Å². The number of fused-ring (bicyclic) bond motifs is 1. The van der Waals surface area contributed by atoms with Crippen LogP contribution in [0.25, 0.3) is 22.2 Å². The van der Waals surface area contributed by atoms with E-state index in [-0.39, 0.29) is 12.1 Å². The largest absolute Gasteiger partial charge is 0.494 e. The van der Waals surface area contributed by atoms with Crippen LogP contribution in [0.5, 0.6) is 5.75 Å². The number of aromatic nitrogens is 1. The molecule has 0 radical (unpaired) electrons. The molecule has 0 aliphatic heterocycles. The van der Waals surface area contributed by atoms with E-state index in [0.29, 0.717) is 17.9 Å². The van der Waals surface area contributed by atoms with E-state index < -0.39 is 6.09 Å². The second-order valence-corrected chi connectivity index (χ2v) is 8.49. The molecule has 1 N–H and O–H groups in total. The SMILES string of the molecule is CCCOc1ccc2c(C#N)c(-c3ccc(NC(=O)OC4CCC4)cc3)n(C(C)C)c2c1. The highest BCUT2D eigenvalue weighted by atomic mass is 16.6. The van der Waals surface area contributed by atoms with Crippen LogP contribution in [0, 0.1) is 11.3 Å². The lowest BCUT2D eigenvalue weighted by Gasteiger charge is -2.25. The minimum Gasteiger partial charge on any atom is -0.494 e. The molecule has 1 fully saturated rings. The molecule has 32 heavy (non-hydrogen) atoms. The van der Waals surface area contributed by atoms with Gasteiger partial charge in [-0.1, -0.05) is 19.1 Å². The third kappa shape index (κ3) is 4.29. The summed E-state index contributed by atoms with van der Waals surface area (Å²) in [7, 11) is 0. The molecule has 166 valence electrons. The molecule has 6 nitrogen and oxygen atoms in total. The van der Waals surface area contributed by atoms with Crippen LogP contribution in [0.1, 0.15) is 58.1 Å². The van der Waals surface area contributed by atoms with Crippen LogP contribution in [-0.2, 0) is 4.74 Å². The number of carbonyl (C=O) groups is 1. The first-order valence-electron chi connectivity index (χ1n) is 11.3. The van der Waals surface area contributed by atoms with Crippen LogP contribution in [0.15, 0.2) is 42.5 Å². The lowest BCUT2D eigenvalue weighted by Crippen LogP contribution is -2.27. The van der Waals surface area contributed by atoms with Crippen LogP contribution in [0.2, 0.25) is 0 Å². The van der Waals surface area contributed by atoms with Crippen molar-refractivity contribution in [3.8, 4) is 23.1 Å². The number of nitrogens with zero attached hydrogens (tertiary/aromatic N) is 2. The molecule has 1 saturated carbocycles. The van der Waals surface area contributed by atoms with E-state index in [0.717, 1.165) is 53.6 Å². The van der Waals surface area contributed by atoms with Gasteiger partial charge in [0.1, 0.15) is 17.9 Å². The Labute approximate surface area is 188 Å². The van der Waals surface area contributed by atoms with Crippen molar-refractivity contribution in [3.05, 3.63) is 48.0 Å². The average molecular weight is 432 g/mol. The van der Waals surface area contributed by atoms with Gasteiger partial charge < -0.3 is 14.0 Å². The summed E-state index contributed by atoms with van der Waals surface area (Å²) in [4.78, 5) is 12.0. The fourth-order valence-electron chi connectivity index (χ4n) is 4.03. The van der Waals surface area contributed by atoms with Gasteiger partial charge in [0.2, 0.25) is 0 Å². The minimum absolute atomic E-state index is 0.0420. The zero-order valence-electron chi connectivity index (χ0n) is 18.9. The van der Waals surface area contributed by atoms with E-state index in [1.807, 2.05) is 42.5 Å². The van der Waals surface area contributed by atoms with E-state index in [4.69, 9.17) is 9.47 Å². The van der Waals surface area contributed by atoms with E-state index in [2.05, 4.69) is 36.7 Å². The van der Waals surface area contributed by atoms with Crippen LogP contribution < -0.4 is 10.1 Å². The van der Waals surface area contributed by atoms with Crippen molar-refractivity contribution in [2.45, 2.75) is 58.6 Å². The second kappa shape index (κ2) is 9.35. The van der Waals surface area contributed by atoms with Crippen molar-refractivity contribution in [1.29, 1.82) is 5.26 Å². The van der Waals surface area contributed by atoms with E-state index in [1.54, 1.807) is 0 Å². The van der Waals surface area contributed by atoms with Gasteiger partial charge in [-0.25, -0.2) is 4.79 Å². The number of hydrogen-bond donors (Lipinski definition) is 1. The van der Waals surface area contributed by atoms with Gasteiger partial charge in [-0.15, -0.1) is 0 Å². The Morgan fingerprint density at radius 2 is 1.97 bits per heavy atom. The average Bonchev–Trinajstić information content (AvgIpc) is 3.09. The first-order valence-corrected chi connectivity index (χ1v) is 11.3. The summed E-state index contributed by atoms with van der Waals surface area (Å²) < 4.78 is 13.4. The number of nitriles is 1. The number of amides is 1. The number of hydrogen-bond acceptors (Lipinski definition) is 4. The third-order valence-corrected chi connectivity index (χ3v) is 5.81. The maximum Gasteiger partial charge on any atom is 0.411 e. The zero-order chi connectivity index (χ0) is 22.7. The Kier molecular flexibility index (Phi) is 6.36. The molecule has 4 rings (SSSR count). The zero-order valence-corrected chi connectivity index (χ0v) is 18.9. The molecule has 0 unspecified atom stereocenters. The van der Waals surface area contributed by atoms with Gasteiger partial charge in [0, 0.05) is 23.2 Å². The highest BCUT2D eigenvalue weighted by Gasteiger charge is 2.23. The van der Waals surface area contributed by atoms with Crippen LogP contribution in [0.3, 0.4) is 0 Å². The molecule has 1 amide bonds. The second-order valence-electron chi connectivity index (χ2n) is 8.49. The van der Waals surface area contributed by atoms with Gasteiger partial charge in [0.25, 0.3) is 0 Å². The Hall–Kier alpha value is -3.46. The molecule has 0 saturated heterocycles. The number of carbonyl (C=O) groups excluding carboxylic acids is 1. The predicted octanol–water partition coefficient (Wildman–Crippen LogP) is 6.65. The van der Waals surface area contributed by atoms with Crippen molar-refractivity contribution in [2.75, 3.05) is 11.9 Å². The number of ether oxygens (including phenoxy) is 2. The molecule has 2 aromatic carbocycles. The van der Waals surface area contributed by atoms with Gasteiger partial charge in [-0.05, 0) is 69.4 Å². The van der Waals surface area contributed by atoms with Crippen LogP contribution in [-0.4, -0.2) is 23.4 Å². The molecule has 3 aromatic rings. The Morgan fingerprint density at radius 3 is 2.56 bits per heavy atom. The highest BCUT2D eigenvalue weighted by Crippen LogP contribution is 2.38. The molecule has 1 heterocycles. The number of rotatable bonds is 7. The summed E-state index contributed by atoms with van der Waals surface area (Å²) in [5.41, 5.74) is 4.07. The van der Waals surface area contributed by atoms with Gasteiger partial charge in [-0.3, -0.25) is 5.32 Å². The van der Waals surface area contributed by atoms with Crippen molar-refractivity contribution in [1.82, 2.24) is 4.57 Å². The maximum absolute atomic E-state index is 12.0. The molecule has 1 aliphatic carbocycles. The third-order valence-electron chi connectivity index (χ3n) is 5.81. The first-order chi connectivity index (χ1) is 15.5. The molecule has 1 aromatic heterocycles. The molecule has 1 aliphatic rings. The summed E-state index contributed by atoms with van der Waals surface area (Å²) >= 11 is 0. The summed E-state index contributed by atoms with van der Waals surface area (Å²) in [6.07, 6.45) is 3.55. The van der Waals surface area contributed by atoms with Crippen LogP contribution in [0.4, 0.5) is 10.5 Å². The standard InChI is InChI=1S/C26H29N3O3/c1-4-14-31-21-12-13-22-23(16-27)25(29(17(2)3)24(22)15-21)18-8-10-19(11-9-18)28-26(30)32-20-6-5-7-20/h8-13,15,17,20H,4-7,14H2,1-3H3,(H,28,30). The maximum atomic E-state index is 12.0. The summed E-state index contributed by atoms with van der Waals surface area (Å²) in [5, 5.41) is 13.7. The lowest BCUT2D eigenvalue weighted by atomic mass is 9.96. The van der Waals surface area contributed by atoms with Gasteiger partial charge in [-0.2, -0.15) is 5.26 Å². The summed E-state index contributed by atoms with van der Waals surface area (Å²) in [5.74, 6) is 0.805. The highest BCUT2D eigenvalue weighted by molar-refractivity contribution is 5.95. The van der Waals surface area contributed by atoms with Gasteiger partial charge in [0.15, 0.2) is 0 Å². The Balaban J connectivity index is 1.68. The van der Waals surface area contributed by atoms with Crippen molar-refractivity contribution in [2.24, 2.45) is 0 Å².